The highest BCUT2D eigenvalue weighted by Crippen LogP contribution is 2.31. The summed E-state index contributed by atoms with van der Waals surface area (Å²) in [6.45, 7) is 10.9. The van der Waals surface area contributed by atoms with Crippen LogP contribution in [0.5, 0.6) is 0 Å². The van der Waals surface area contributed by atoms with Crippen molar-refractivity contribution in [2.24, 2.45) is 5.73 Å². The number of nitrogens with two attached hydrogens (primary N) is 1. The standard InChI is InChI=1S/C15H27N3S/c1-11-10-17(4)6-5-7-18(11)15(9-16)14-8-12(2)19-13(14)3/h8,11,15H,5-7,9-10,16H2,1-4H3. The number of hydrogen-bond donors (Lipinski definition) is 1. The molecule has 4 heteroatoms. The lowest BCUT2D eigenvalue weighted by Gasteiger charge is -2.35. The van der Waals surface area contributed by atoms with Gasteiger partial charge in [-0.05, 0) is 52.4 Å². The largest absolute Gasteiger partial charge is 0.329 e. The zero-order valence-corrected chi connectivity index (χ0v) is 13.5. The van der Waals surface area contributed by atoms with Crippen LogP contribution in [0.15, 0.2) is 6.07 Å². The van der Waals surface area contributed by atoms with E-state index in [4.69, 9.17) is 5.73 Å². The third-order valence-corrected chi connectivity index (χ3v) is 5.14. The highest BCUT2D eigenvalue weighted by Gasteiger charge is 2.28. The van der Waals surface area contributed by atoms with Gasteiger partial charge in [-0.15, -0.1) is 11.3 Å². The Balaban J connectivity index is 2.23. The molecule has 2 rings (SSSR count). The summed E-state index contributed by atoms with van der Waals surface area (Å²) in [6, 6.07) is 3.28. The van der Waals surface area contributed by atoms with Gasteiger partial charge < -0.3 is 10.6 Å². The molecule has 3 nitrogen and oxygen atoms in total. The molecule has 2 N–H and O–H groups in total. The molecule has 2 unspecified atom stereocenters. The van der Waals surface area contributed by atoms with Crippen molar-refractivity contribution in [1.82, 2.24) is 9.80 Å². The summed E-state index contributed by atoms with van der Waals surface area (Å²) in [5, 5.41) is 0. The second-order valence-corrected chi connectivity index (χ2v) is 7.28. The fourth-order valence-electron chi connectivity index (χ4n) is 3.28. The van der Waals surface area contributed by atoms with Crippen molar-refractivity contribution in [3.63, 3.8) is 0 Å². The van der Waals surface area contributed by atoms with Gasteiger partial charge in [-0.3, -0.25) is 4.90 Å². The molecule has 0 bridgehead atoms. The zero-order valence-electron chi connectivity index (χ0n) is 12.6. The summed E-state index contributed by atoms with van der Waals surface area (Å²) in [5.41, 5.74) is 7.56. The average molecular weight is 281 g/mol. The highest BCUT2D eigenvalue weighted by atomic mass is 32.1. The van der Waals surface area contributed by atoms with Gasteiger partial charge in [0, 0.05) is 41.5 Å². The van der Waals surface area contributed by atoms with Crippen molar-refractivity contribution >= 4 is 11.3 Å². The number of aryl methyl sites for hydroxylation is 2. The third kappa shape index (κ3) is 3.37. The van der Waals surface area contributed by atoms with Crippen molar-refractivity contribution < 1.29 is 0 Å². The average Bonchev–Trinajstić information content (AvgIpc) is 2.57. The Morgan fingerprint density at radius 1 is 1.42 bits per heavy atom. The maximum absolute atomic E-state index is 6.11. The number of thiophene rings is 1. The van der Waals surface area contributed by atoms with E-state index in [1.807, 2.05) is 11.3 Å². The SMILES string of the molecule is Cc1cc(C(CN)N2CCCN(C)CC2C)c(C)s1. The first-order chi connectivity index (χ1) is 9.02. The minimum absolute atomic E-state index is 0.381. The van der Waals surface area contributed by atoms with E-state index < -0.39 is 0 Å². The van der Waals surface area contributed by atoms with Crippen LogP contribution in [-0.4, -0.2) is 49.1 Å². The van der Waals surface area contributed by atoms with Crippen LogP contribution in [0, 0.1) is 13.8 Å². The van der Waals surface area contributed by atoms with E-state index in [1.165, 1.54) is 28.3 Å². The number of hydrogen-bond acceptors (Lipinski definition) is 4. The molecule has 0 aromatic carbocycles. The van der Waals surface area contributed by atoms with Gasteiger partial charge >= 0.3 is 0 Å². The van der Waals surface area contributed by atoms with Gasteiger partial charge in [-0.25, -0.2) is 0 Å². The summed E-state index contributed by atoms with van der Waals surface area (Å²) in [6.07, 6.45) is 1.24. The summed E-state index contributed by atoms with van der Waals surface area (Å²) in [5.74, 6) is 0. The Bertz CT molecular complexity index is 416. The van der Waals surface area contributed by atoms with Crippen LogP contribution in [0.2, 0.25) is 0 Å². The summed E-state index contributed by atoms with van der Waals surface area (Å²) in [4.78, 5) is 7.87. The molecule has 0 saturated carbocycles. The molecular weight excluding hydrogens is 254 g/mol. The van der Waals surface area contributed by atoms with E-state index >= 15 is 0 Å². The molecule has 0 amide bonds. The molecule has 19 heavy (non-hydrogen) atoms. The smallest absolute Gasteiger partial charge is 0.0484 e. The molecule has 1 fully saturated rings. The minimum Gasteiger partial charge on any atom is -0.329 e. The monoisotopic (exact) mass is 281 g/mol. The Kier molecular flexibility index (Phi) is 5.01. The lowest BCUT2D eigenvalue weighted by atomic mass is 10.0. The van der Waals surface area contributed by atoms with E-state index in [0.717, 1.165) is 13.1 Å². The molecule has 0 spiro atoms. The fraction of sp³-hybridized carbons (Fsp3) is 0.733. The van der Waals surface area contributed by atoms with Crippen molar-refractivity contribution in [3.05, 3.63) is 21.4 Å². The lowest BCUT2D eigenvalue weighted by Crippen LogP contribution is -2.43. The quantitative estimate of drug-likeness (QED) is 0.923. The van der Waals surface area contributed by atoms with Crippen LogP contribution in [0.4, 0.5) is 0 Å². The minimum atomic E-state index is 0.381. The van der Waals surface area contributed by atoms with Crippen molar-refractivity contribution in [3.8, 4) is 0 Å². The molecular formula is C15H27N3S. The van der Waals surface area contributed by atoms with Gasteiger partial charge in [0.1, 0.15) is 0 Å². The fourth-order valence-corrected chi connectivity index (χ4v) is 4.26. The van der Waals surface area contributed by atoms with E-state index in [9.17, 15) is 0 Å². The summed E-state index contributed by atoms with van der Waals surface area (Å²) < 4.78 is 0. The Labute approximate surface area is 121 Å². The Hall–Kier alpha value is -0.420. The van der Waals surface area contributed by atoms with Gasteiger partial charge in [0.15, 0.2) is 0 Å². The normalized spacial score (nSPS) is 24.4. The van der Waals surface area contributed by atoms with Crippen molar-refractivity contribution in [2.75, 3.05) is 33.2 Å². The maximum Gasteiger partial charge on any atom is 0.0484 e. The summed E-state index contributed by atoms with van der Waals surface area (Å²) in [7, 11) is 2.22. The number of rotatable bonds is 3. The van der Waals surface area contributed by atoms with Crippen LogP contribution < -0.4 is 5.73 Å². The molecule has 108 valence electrons. The van der Waals surface area contributed by atoms with Gasteiger partial charge in [-0.1, -0.05) is 0 Å². The van der Waals surface area contributed by atoms with Gasteiger partial charge in [0.05, 0.1) is 0 Å². The first kappa shape index (κ1) is 15.0. The van der Waals surface area contributed by atoms with Gasteiger partial charge in [-0.2, -0.15) is 0 Å². The lowest BCUT2D eigenvalue weighted by molar-refractivity contribution is 0.146. The van der Waals surface area contributed by atoms with Crippen LogP contribution in [0.1, 0.15) is 34.7 Å². The van der Waals surface area contributed by atoms with E-state index in [2.05, 4.69) is 43.7 Å². The predicted octanol–water partition coefficient (Wildman–Crippen LogP) is 2.39. The molecule has 2 heterocycles. The van der Waals surface area contributed by atoms with E-state index in [1.54, 1.807) is 0 Å². The molecule has 1 aromatic heterocycles. The van der Waals surface area contributed by atoms with E-state index in [-0.39, 0.29) is 0 Å². The van der Waals surface area contributed by atoms with Gasteiger partial charge in [0.25, 0.3) is 0 Å². The topological polar surface area (TPSA) is 32.5 Å². The van der Waals surface area contributed by atoms with E-state index in [0.29, 0.717) is 18.6 Å². The Morgan fingerprint density at radius 2 is 2.16 bits per heavy atom. The predicted molar refractivity (Wildman–Crippen MR) is 83.9 cm³/mol. The molecule has 2 atom stereocenters. The van der Waals surface area contributed by atoms with Crippen molar-refractivity contribution in [1.29, 1.82) is 0 Å². The molecule has 1 aliphatic heterocycles. The van der Waals surface area contributed by atoms with Crippen LogP contribution in [0.3, 0.4) is 0 Å². The first-order valence-electron chi connectivity index (χ1n) is 7.24. The highest BCUT2D eigenvalue weighted by molar-refractivity contribution is 7.12. The van der Waals surface area contributed by atoms with Crippen LogP contribution >= 0.6 is 11.3 Å². The van der Waals surface area contributed by atoms with Crippen molar-refractivity contribution in [2.45, 2.75) is 39.3 Å². The first-order valence-corrected chi connectivity index (χ1v) is 8.06. The molecule has 1 aliphatic rings. The summed E-state index contributed by atoms with van der Waals surface area (Å²) >= 11 is 1.89. The zero-order chi connectivity index (χ0) is 14.0. The second kappa shape index (κ2) is 6.35. The molecule has 0 radical (unpaired) electrons. The Morgan fingerprint density at radius 3 is 2.74 bits per heavy atom. The maximum atomic E-state index is 6.11. The molecule has 1 saturated heterocycles. The molecule has 0 aliphatic carbocycles. The molecule has 1 aromatic rings. The van der Waals surface area contributed by atoms with Gasteiger partial charge in [0.2, 0.25) is 0 Å². The second-order valence-electron chi connectivity index (χ2n) is 5.82. The third-order valence-electron chi connectivity index (χ3n) is 4.16. The number of nitrogens with zero attached hydrogens (tertiary/aromatic N) is 2. The van der Waals surface area contributed by atoms with Crippen LogP contribution in [0.25, 0.3) is 0 Å². The number of likely N-dealkylation sites (N-methyl/N-ethyl adjacent to an activating group) is 1. The van der Waals surface area contributed by atoms with Crippen LogP contribution in [-0.2, 0) is 0 Å².